The quantitative estimate of drug-likeness (QED) is 0.730. The topological polar surface area (TPSA) is 20.3 Å². The van der Waals surface area contributed by atoms with Crippen LogP contribution in [0.4, 0.5) is 5.69 Å². The van der Waals surface area contributed by atoms with Crippen molar-refractivity contribution in [1.29, 1.82) is 0 Å². The van der Waals surface area contributed by atoms with Gasteiger partial charge in [-0.3, -0.25) is 4.79 Å². The third-order valence-corrected chi connectivity index (χ3v) is 4.83. The average molecular weight is 351 g/mol. The molecule has 0 aromatic heterocycles. The zero-order valence-corrected chi connectivity index (χ0v) is 13.1. The lowest BCUT2D eigenvalue weighted by atomic mass is 10.0. The van der Waals surface area contributed by atoms with Crippen LogP contribution in [0.3, 0.4) is 0 Å². The zero-order chi connectivity index (χ0) is 14.1. The van der Waals surface area contributed by atoms with Crippen LogP contribution in [-0.2, 0) is 6.42 Å². The Balaban J connectivity index is 2.02. The molecule has 102 valence electrons. The predicted molar refractivity (Wildman–Crippen MR) is 85.6 cm³/mol. The number of benzene rings is 2. The van der Waals surface area contributed by atoms with Crippen molar-refractivity contribution in [3.8, 4) is 0 Å². The molecule has 0 unspecified atom stereocenters. The summed E-state index contributed by atoms with van der Waals surface area (Å²) in [6.45, 7) is 0.735. The Morgan fingerprint density at radius 2 is 1.95 bits per heavy atom. The Labute approximate surface area is 131 Å². The van der Waals surface area contributed by atoms with E-state index in [9.17, 15) is 4.79 Å². The largest absolute Gasteiger partial charge is 0.308 e. The summed E-state index contributed by atoms with van der Waals surface area (Å²) >= 11 is 9.61. The number of carbonyl (C=O) groups is 1. The summed E-state index contributed by atoms with van der Waals surface area (Å²) in [7, 11) is 0. The van der Waals surface area contributed by atoms with Crippen molar-refractivity contribution in [2.45, 2.75) is 12.8 Å². The van der Waals surface area contributed by atoms with E-state index in [1.54, 1.807) is 6.07 Å². The molecule has 1 aliphatic heterocycles. The molecule has 2 aromatic carbocycles. The fourth-order valence-corrected chi connectivity index (χ4v) is 3.13. The standard InChI is InChI=1S/C16H13BrClNO/c17-13-8-3-7-12(15(13)18)16(20)19-10-4-6-11-5-1-2-9-14(11)19/h1-3,5,7-9H,4,6,10H2. The second-order valence-corrected chi connectivity index (χ2v) is 6.02. The van der Waals surface area contributed by atoms with Crippen LogP contribution in [-0.4, -0.2) is 12.5 Å². The minimum absolute atomic E-state index is 0.0385. The van der Waals surface area contributed by atoms with E-state index in [0.717, 1.165) is 29.5 Å². The van der Waals surface area contributed by atoms with Gasteiger partial charge >= 0.3 is 0 Å². The van der Waals surface area contributed by atoms with Gasteiger partial charge in [-0.05, 0) is 52.5 Å². The highest BCUT2D eigenvalue weighted by molar-refractivity contribution is 9.10. The molecule has 0 fully saturated rings. The third-order valence-electron chi connectivity index (χ3n) is 3.54. The van der Waals surface area contributed by atoms with Crippen molar-refractivity contribution in [2.24, 2.45) is 0 Å². The van der Waals surface area contributed by atoms with E-state index in [1.807, 2.05) is 35.2 Å². The number of anilines is 1. The summed E-state index contributed by atoms with van der Waals surface area (Å²) in [5.41, 5.74) is 2.76. The highest BCUT2D eigenvalue weighted by atomic mass is 79.9. The maximum atomic E-state index is 12.8. The summed E-state index contributed by atoms with van der Waals surface area (Å²) in [4.78, 5) is 14.6. The SMILES string of the molecule is O=C(c1cccc(Br)c1Cl)N1CCCc2ccccc21. The van der Waals surface area contributed by atoms with Gasteiger partial charge in [0.05, 0.1) is 10.6 Å². The number of rotatable bonds is 1. The van der Waals surface area contributed by atoms with Gasteiger partial charge in [0.2, 0.25) is 0 Å². The van der Waals surface area contributed by atoms with Crippen molar-refractivity contribution >= 4 is 39.1 Å². The van der Waals surface area contributed by atoms with Crippen LogP contribution in [0.15, 0.2) is 46.9 Å². The molecule has 1 aliphatic rings. The lowest BCUT2D eigenvalue weighted by Gasteiger charge is -2.29. The second-order valence-electron chi connectivity index (χ2n) is 4.79. The van der Waals surface area contributed by atoms with Crippen LogP contribution >= 0.6 is 27.5 Å². The van der Waals surface area contributed by atoms with Gasteiger partial charge in [-0.15, -0.1) is 0 Å². The first-order valence-corrected chi connectivity index (χ1v) is 7.69. The summed E-state index contributed by atoms with van der Waals surface area (Å²) in [5, 5.41) is 0.473. The Kier molecular flexibility index (Phi) is 3.81. The maximum Gasteiger partial charge on any atom is 0.259 e. The highest BCUT2D eigenvalue weighted by Gasteiger charge is 2.25. The van der Waals surface area contributed by atoms with Crippen LogP contribution in [0.2, 0.25) is 5.02 Å². The number of nitrogens with zero attached hydrogens (tertiary/aromatic N) is 1. The van der Waals surface area contributed by atoms with Crippen molar-refractivity contribution in [3.63, 3.8) is 0 Å². The van der Waals surface area contributed by atoms with E-state index < -0.39 is 0 Å². The van der Waals surface area contributed by atoms with Crippen LogP contribution in [0.1, 0.15) is 22.3 Å². The molecule has 0 atom stereocenters. The molecular formula is C16H13BrClNO. The molecule has 0 saturated heterocycles. The summed E-state index contributed by atoms with van der Waals surface area (Å²) < 4.78 is 0.746. The number of hydrogen-bond acceptors (Lipinski definition) is 1. The number of halogens is 2. The van der Waals surface area contributed by atoms with E-state index >= 15 is 0 Å². The van der Waals surface area contributed by atoms with Crippen LogP contribution in [0, 0.1) is 0 Å². The van der Waals surface area contributed by atoms with Crippen molar-refractivity contribution in [3.05, 3.63) is 63.1 Å². The minimum atomic E-state index is -0.0385. The van der Waals surface area contributed by atoms with E-state index in [2.05, 4.69) is 22.0 Å². The summed E-state index contributed by atoms with van der Waals surface area (Å²) in [6, 6.07) is 13.5. The number of carbonyl (C=O) groups excluding carboxylic acids is 1. The number of fused-ring (bicyclic) bond motifs is 1. The Bertz CT molecular complexity index is 671. The molecule has 0 N–H and O–H groups in total. The molecule has 4 heteroatoms. The van der Waals surface area contributed by atoms with Crippen molar-refractivity contribution in [1.82, 2.24) is 0 Å². The number of para-hydroxylation sites is 1. The normalized spacial score (nSPS) is 14.0. The molecular weight excluding hydrogens is 338 g/mol. The van der Waals surface area contributed by atoms with Gasteiger partial charge in [-0.25, -0.2) is 0 Å². The number of aryl methyl sites for hydroxylation is 1. The molecule has 1 amide bonds. The van der Waals surface area contributed by atoms with Gasteiger partial charge in [-0.1, -0.05) is 35.9 Å². The molecule has 0 radical (unpaired) electrons. The van der Waals surface area contributed by atoms with E-state index in [0.29, 0.717) is 10.6 Å². The Hall–Kier alpha value is -1.32. The molecule has 2 nitrogen and oxygen atoms in total. The monoisotopic (exact) mass is 349 g/mol. The number of hydrogen-bond donors (Lipinski definition) is 0. The molecule has 20 heavy (non-hydrogen) atoms. The lowest BCUT2D eigenvalue weighted by Crippen LogP contribution is -2.35. The van der Waals surface area contributed by atoms with E-state index in [1.165, 1.54) is 5.56 Å². The van der Waals surface area contributed by atoms with Crippen LogP contribution < -0.4 is 4.90 Å². The molecule has 3 rings (SSSR count). The average Bonchev–Trinajstić information content (AvgIpc) is 2.49. The van der Waals surface area contributed by atoms with Gasteiger partial charge in [0, 0.05) is 16.7 Å². The Morgan fingerprint density at radius 3 is 2.80 bits per heavy atom. The van der Waals surface area contributed by atoms with Gasteiger partial charge in [0.25, 0.3) is 5.91 Å². The molecule has 0 bridgehead atoms. The fraction of sp³-hybridized carbons (Fsp3) is 0.188. The first-order chi connectivity index (χ1) is 9.68. The van der Waals surface area contributed by atoms with Crippen molar-refractivity contribution in [2.75, 3.05) is 11.4 Å². The smallest absolute Gasteiger partial charge is 0.259 e. The summed E-state index contributed by atoms with van der Waals surface area (Å²) in [6.07, 6.45) is 2.00. The Morgan fingerprint density at radius 1 is 1.15 bits per heavy atom. The number of amides is 1. The van der Waals surface area contributed by atoms with Crippen LogP contribution in [0.5, 0.6) is 0 Å². The van der Waals surface area contributed by atoms with Gasteiger partial charge in [0.1, 0.15) is 0 Å². The molecule has 2 aromatic rings. The van der Waals surface area contributed by atoms with E-state index in [4.69, 9.17) is 11.6 Å². The molecule has 0 spiro atoms. The van der Waals surface area contributed by atoms with Gasteiger partial charge < -0.3 is 4.90 Å². The first kappa shape index (κ1) is 13.7. The second kappa shape index (κ2) is 5.58. The zero-order valence-electron chi connectivity index (χ0n) is 10.8. The lowest BCUT2D eigenvalue weighted by molar-refractivity contribution is 0.0985. The fourth-order valence-electron chi connectivity index (χ4n) is 2.56. The van der Waals surface area contributed by atoms with Crippen LogP contribution in [0.25, 0.3) is 0 Å². The van der Waals surface area contributed by atoms with E-state index in [-0.39, 0.29) is 5.91 Å². The summed E-state index contributed by atoms with van der Waals surface area (Å²) in [5.74, 6) is -0.0385. The third kappa shape index (κ3) is 2.36. The highest BCUT2D eigenvalue weighted by Crippen LogP contribution is 2.31. The predicted octanol–water partition coefficient (Wildman–Crippen LogP) is 4.70. The maximum absolute atomic E-state index is 12.8. The van der Waals surface area contributed by atoms with Gasteiger partial charge in [-0.2, -0.15) is 0 Å². The first-order valence-electron chi connectivity index (χ1n) is 6.52. The molecule has 1 heterocycles. The molecule has 0 aliphatic carbocycles. The minimum Gasteiger partial charge on any atom is -0.308 e. The van der Waals surface area contributed by atoms with Gasteiger partial charge in [0.15, 0.2) is 0 Å². The van der Waals surface area contributed by atoms with Crippen molar-refractivity contribution < 1.29 is 4.79 Å². The molecule has 0 saturated carbocycles.